The highest BCUT2D eigenvalue weighted by molar-refractivity contribution is 5.74. The van der Waals surface area contributed by atoms with Crippen molar-refractivity contribution < 1.29 is 13.9 Å². The van der Waals surface area contributed by atoms with Gasteiger partial charge in [0, 0.05) is 12.1 Å². The Bertz CT molecular complexity index is 442. The molecular weight excluding hydrogens is 247 g/mol. The summed E-state index contributed by atoms with van der Waals surface area (Å²) in [5, 5.41) is 5.44. The van der Waals surface area contributed by atoms with E-state index in [4.69, 9.17) is 4.74 Å². The first-order chi connectivity index (χ1) is 8.81. The third-order valence-corrected chi connectivity index (χ3v) is 2.24. The fourth-order valence-corrected chi connectivity index (χ4v) is 1.49. The Morgan fingerprint density at radius 2 is 2.05 bits per heavy atom. The Labute approximate surface area is 113 Å². The quantitative estimate of drug-likeness (QED) is 0.882. The van der Waals surface area contributed by atoms with Crippen LogP contribution >= 0.6 is 0 Å². The summed E-state index contributed by atoms with van der Waals surface area (Å²) in [6, 6.07) is 4.38. The van der Waals surface area contributed by atoms with Crippen LogP contribution in [0, 0.1) is 5.82 Å². The maximum Gasteiger partial charge on any atom is 0.315 e. The zero-order chi connectivity index (χ0) is 14.5. The molecular formula is C14H21FN2O2. The molecule has 0 aliphatic rings. The van der Waals surface area contributed by atoms with Gasteiger partial charge in [-0.2, -0.15) is 0 Å². The van der Waals surface area contributed by atoms with Crippen LogP contribution in [0.15, 0.2) is 18.2 Å². The molecule has 2 amide bonds. The zero-order valence-electron chi connectivity index (χ0n) is 11.8. The van der Waals surface area contributed by atoms with Gasteiger partial charge in [-0.25, -0.2) is 9.18 Å². The topological polar surface area (TPSA) is 50.4 Å². The molecule has 0 aromatic heterocycles. The van der Waals surface area contributed by atoms with Crippen molar-refractivity contribution in [2.45, 2.75) is 39.8 Å². The lowest BCUT2D eigenvalue weighted by molar-refractivity contribution is 0.231. The highest BCUT2D eigenvalue weighted by Crippen LogP contribution is 2.18. The maximum atomic E-state index is 13.6. The minimum Gasteiger partial charge on any atom is -0.491 e. The molecule has 0 bridgehead atoms. The summed E-state index contributed by atoms with van der Waals surface area (Å²) in [5.74, 6) is -0.192. The minimum atomic E-state index is -0.419. The number of ether oxygens (including phenoxy) is 1. The molecule has 1 rings (SSSR count). The molecule has 0 radical (unpaired) electrons. The highest BCUT2D eigenvalue weighted by Gasteiger charge is 2.13. The van der Waals surface area contributed by atoms with Gasteiger partial charge in [0.25, 0.3) is 0 Å². The number of benzene rings is 1. The molecule has 106 valence electrons. The molecule has 2 N–H and O–H groups in total. The molecule has 0 heterocycles. The smallest absolute Gasteiger partial charge is 0.315 e. The Morgan fingerprint density at radius 3 is 2.58 bits per heavy atom. The number of hydrogen-bond acceptors (Lipinski definition) is 2. The van der Waals surface area contributed by atoms with Crippen molar-refractivity contribution >= 4 is 6.03 Å². The molecule has 0 saturated heterocycles. The van der Waals surface area contributed by atoms with Crippen molar-refractivity contribution in [3.05, 3.63) is 29.6 Å². The lowest BCUT2D eigenvalue weighted by atomic mass is 10.1. The minimum absolute atomic E-state index is 0.227. The molecule has 0 aliphatic carbocycles. The number of rotatable bonds is 4. The van der Waals surface area contributed by atoms with E-state index in [2.05, 4.69) is 10.6 Å². The predicted molar refractivity (Wildman–Crippen MR) is 72.7 cm³/mol. The number of amides is 2. The average Bonchev–Trinajstić information content (AvgIpc) is 2.27. The first-order valence-corrected chi connectivity index (χ1v) is 6.29. The summed E-state index contributed by atoms with van der Waals surface area (Å²) >= 11 is 0. The molecule has 4 nitrogen and oxygen atoms in total. The summed E-state index contributed by atoms with van der Waals surface area (Å²) in [5.41, 5.74) is 0.388. The van der Waals surface area contributed by atoms with Crippen LogP contribution in [0.2, 0.25) is 0 Å². The summed E-state index contributed by atoms with van der Waals surface area (Å²) in [6.07, 6.45) is 0. The molecule has 0 saturated carbocycles. The molecule has 0 unspecified atom stereocenters. The normalized spacial score (nSPS) is 11.0. The zero-order valence-corrected chi connectivity index (χ0v) is 11.8. The van der Waals surface area contributed by atoms with Gasteiger partial charge in [-0.1, -0.05) is 6.07 Å². The molecule has 0 atom stereocenters. The van der Waals surface area contributed by atoms with Crippen molar-refractivity contribution in [1.82, 2.24) is 10.6 Å². The Hall–Kier alpha value is -1.78. The van der Waals surface area contributed by atoms with Gasteiger partial charge >= 0.3 is 6.03 Å². The third-order valence-electron chi connectivity index (χ3n) is 2.24. The lowest BCUT2D eigenvalue weighted by Crippen LogP contribution is -2.46. The molecule has 0 fully saturated rings. The molecule has 5 heteroatoms. The predicted octanol–water partition coefficient (Wildman–Crippen LogP) is 2.82. The second kappa shape index (κ2) is 6.41. The van der Waals surface area contributed by atoms with Crippen molar-refractivity contribution in [2.24, 2.45) is 0 Å². The Morgan fingerprint density at radius 1 is 1.37 bits per heavy atom. The Kier molecular flexibility index (Phi) is 5.15. The van der Waals surface area contributed by atoms with Crippen molar-refractivity contribution in [3.8, 4) is 5.75 Å². The lowest BCUT2D eigenvalue weighted by Gasteiger charge is -2.20. The van der Waals surface area contributed by atoms with E-state index in [9.17, 15) is 9.18 Å². The van der Waals surface area contributed by atoms with E-state index in [-0.39, 0.29) is 23.9 Å². The van der Waals surface area contributed by atoms with Crippen LogP contribution in [0.4, 0.5) is 9.18 Å². The molecule has 1 aromatic rings. The average molecular weight is 268 g/mol. The van der Waals surface area contributed by atoms with Gasteiger partial charge in [0.1, 0.15) is 0 Å². The largest absolute Gasteiger partial charge is 0.491 e. The van der Waals surface area contributed by atoms with Crippen molar-refractivity contribution in [2.75, 3.05) is 6.61 Å². The van der Waals surface area contributed by atoms with E-state index >= 15 is 0 Å². The second-order valence-corrected chi connectivity index (χ2v) is 5.26. The number of hydrogen-bond donors (Lipinski definition) is 2. The van der Waals surface area contributed by atoms with Gasteiger partial charge in [0.15, 0.2) is 11.6 Å². The van der Waals surface area contributed by atoms with E-state index in [0.717, 1.165) is 0 Å². The van der Waals surface area contributed by atoms with Gasteiger partial charge in [-0.15, -0.1) is 0 Å². The van der Waals surface area contributed by atoms with E-state index in [0.29, 0.717) is 12.2 Å². The van der Waals surface area contributed by atoms with Crippen LogP contribution in [0.1, 0.15) is 33.3 Å². The van der Waals surface area contributed by atoms with Gasteiger partial charge in [0.05, 0.1) is 6.61 Å². The number of carbonyl (C=O) groups is 1. The van der Waals surface area contributed by atoms with Crippen LogP contribution in [-0.2, 0) is 6.54 Å². The van der Waals surface area contributed by atoms with Gasteiger partial charge in [-0.3, -0.25) is 0 Å². The van der Waals surface area contributed by atoms with E-state index in [1.165, 1.54) is 6.07 Å². The van der Waals surface area contributed by atoms with E-state index in [1.54, 1.807) is 19.1 Å². The first-order valence-electron chi connectivity index (χ1n) is 6.29. The standard InChI is InChI=1S/C14H21FN2O2/c1-5-19-12-7-6-10(8-11(12)15)9-16-13(18)17-14(2,3)4/h6-8H,5,9H2,1-4H3,(H2,16,17,18). The van der Waals surface area contributed by atoms with Crippen LogP contribution in [0.25, 0.3) is 0 Å². The second-order valence-electron chi connectivity index (χ2n) is 5.26. The van der Waals surface area contributed by atoms with Crippen LogP contribution in [0.5, 0.6) is 5.75 Å². The number of nitrogens with one attached hydrogen (secondary N) is 2. The van der Waals surface area contributed by atoms with Crippen LogP contribution in [-0.4, -0.2) is 18.2 Å². The summed E-state index contributed by atoms with van der Waals surface area (Å²) in [6.45, 7) is 8.16. The fourth-order valence-electron chi connectivity index (χ4n) is 1.49. The molecule has 1 aromatic carbocycles. The maximum absolute atomic E-state index is 13.6. The molecule has 19 heavy (non-hydrogen) atoms. The molecule has 0 aliphatic heterocycles. The number of halogens is 1. The molecule has 0 spiro atoms. The summed E-state index contributed by atoms with van der Waals surface area (Å²) < 4.78 is 18.7. The summed E-state index contributed by atoms with van der Waals surface area (Å²) in [7, 11) is 0. The number of urea groups is 1. The van der Waals surface area contributed by atoms with Gasteiger partial charge < -0.3 is 15.4 Å². The number of carbonyl (C=O) groups excluding carboxylic acids is 1. The monoisotopic (exact) mass is 268 g/mol. The SMILES string of the molecule is CCOc1ccc(CNC(=O)NC(C)(C)C)cc1F. The van der Waals surface area contributed by atoms with Crippen LogP contribution in [0.3, 0.4) is 0 Å². The third kappa shape index (κ3) is 5.59. The van der Waals surface area contributed by atoms with E-state index < -0.39 is 5.82 Å². The van der Waals surface area contributed by atoms with Crippen LogP contribution < -0.4 is 15.4 Å². The van der Waals surface area contributed by atoms with Gasteiger partial charge in [0.2, 0.25) is 0 Å². The fraction of sp³-hybridized carbons (Fsp3) is 0.500. The highest BCUT2D eigenvalue weighted by atomic mass is 19.1. The summed E-state index contributed by atoms with van der Waals surface area (Å²) in [4.78, 5) is 11.5. The van der Waals surface area contributed by atoms with E-state index in [1.807, 2.05) is 20.8 Å². The Balaban J connectivity index is 2.54. The first kappa shape index (κ1) is 15.3. The van der Waals surface area contributed by atoms with Gasteiger partial charge in [-0.05, 0) is 45.4 Å². The van der Waals surface area contributed by atoms with Crippen molar-refractivity contribution in [3.63, 3.8) is 0 Å². The van der Waals surface area contributed by atoms with Crippen molar-refractivity contribution in [1.29, 1.82) is 0 Å².